The highest BCUT2D eigenvalue weighted by atomic mass is 32.2. The number of halogens is 2. The maximum atomic E-state index is 12.5. The van der Waals surface area contributed by atoms with Gasteiger partial charge in [-0.15, -0.1) is 0 Å². The van der Waals surface area contributed by atoms with Crippen molar-refractivity contribution in [1.82, 2.24) is 0 Å². The predicted octanol–water partition coefficient (Wildman–Crippen LogP) is 3.51. The topological polar surface area (TPSA) is 84.9 Å². The summed E-state index contributed by atoms with van der Waals surface area (Å²) in [5.41, 5.74) is 0.0541. The van der Waals surface area contributed by atoms with Crippen molar-refractivity contribution in [3.63, 3.8) is 0 Å². The number of alkyl halides is 2. The molecule has 0 radical (unpaired) electrons. The normalized spacial score (nSPS) is 10.5. The Labute approximate surface area is 152 Å². The number of rotatable bonds is 7. The fourth-order valence-electron chi connectivity index (χ4n) is 1.97. The van der Waals surface area contributed by atoms with Crippen molar-refractivity contribution in [2.24, 2.45) is 0 Å². The zero-order chi connectivity index (χ0) is 19.1. The van der Waals surface area contributed by atoms with E-state index in [9.17, 15) is 23.5 Å². The molecule has 2 N–H and O–H groups in total. The van der Waals surface area contributed by atoms with Crippen molar-refractivity contribution in [3.05, 3.63) is 48.0 Å². The number of carbonyl (C=O) groups is 2. The van der Waals surface area contributed by atoms with Crippen LogP contribution >= 0.6 is 11.8 Å². The van der Waals surface area contributed by atoms with Crippen molar-refractivity contribution in [3.8, 4) is 11.5 Å². The number of ether oxygens (including phenoxy) is 2. The highest BCUT2D eigenvalue weighted by Crippen LogP contribution is 2.31. The number of carbonyl (C=O) groups excluding carboxylic acids is 2. The molecule has 2 aromatic rings. The minimum Gasteiger partial charge on any atom is -0.507 e. The lowest BCUT2D eigenvalue weighted by Crippen LogP contribution is -2.21. The summed E-state index contributed by atoms with van der Waals surface area (Å²) in [5, 5.41) is 12.2. The third kappa shape index (κ3) is 5.35. The Morgan fingerprint density at radius 1 is 1.23 bits per heavy atom. The Balaban J connectivity index is 1.96. The highest BCUT2D eigenvalue weighted by molar-refractivity contribution is 7.99. The van der Waals surface area contributed by atoms with Gasteiger partial charge in [-0.1, -0.05) is 23.9 Å². The lowest BCUT2D eigenvalue weighted by Gasteiger charge is -2.11. The summed E-state index contributed by atoms with van der Waals surface area (Å²) >= 11 is 0.293. The first kappa shape index (κ1) is 19.5. The van der Waals surface area contributed by atoms with Crippen LogP contribution in [0.15, 0.2) is 47.4 Å². The number of nitrogens with one attached hydrogen (secondary N) is 1. The molecule has 0 unspecified atom stereocenters. The maximum absolute atomic E-state index is 12.5. The van der Waals surface area contributed by atoms with Gasteiger partial charge in [0.1, 0.15) is 17.1 Å². The monoisotopic (exact) mass is 383 g/mol. The summed E-state index contributed by atoms with van der Waals surface area (Å²) in [6, 6.07) is 10.0. The van der Waals surface area contributed by atoms with Gasteiger partial charge in [-0.2, -0.15) is 8.78 Å². The molecular weight excluding hydrogens is 368 g/mol. The van der Waals surface area contributed by atoms with E-state index in [0.29, 0.717) is 17.5 Å². The molecule has 0 heterocycles. The van der Waals surface area contributed by atoms with E-state index in [2.05, 4.69) is 5.32 Å². The van der Waals surface area contributed by atoms with Crippen LogP contribution in [0.25, 0.3) is 0 Å². The van der Waals surface area contributed by atoms with Crippen LogP contribution in [-0.2, 0) is 9.53 Å². The van der Waals surface area contributed by atoms with Crippen LogP contribution < -0.4 is 10.1 Å². The number of aromatic hydroxyl groups is 1. The van der Waals surface area contributed by atoms with E-state index in [1.54, 1.807) is 12.1 Å². The molecule has 0 aliphatic carbocycles. The summed E-state index contributed by atoms with van der Waals surface area (Å²) in [4.78, 5) is 24.0. The second kappa shape index (κ2) is 9.04. The van der Waals surface area contributed by atoms with Crippen LogP contribution in [0.2, 0.25) is 0 Å². The standard InChI is InChI=1S/C17H15F2NO5S/c1-24-10-6-7-11(13(21)8-10)16(23)25-9-15(22)20-12-4-2-3-5-14(12)26-17(18)19/h2-8,17,21H,9H2,1H3,(H,20,22). The maximum Gasteiger partial charge on any atom is 0.342 e. The fraction of sp³-hybridized carbons (Fsp3) is 0.176. The first-order valence-electron chi connectivity index (χ1n) is 7.28. The number of anilines is 1. The fourth-order valence-corrected chi connectivity index (χ4v) is 2.57. The summed E-state index contributed by atoms with van der Waals surface area (Å²) in [5.74, 6) is -4.24. The zero-order valence-electron chi connectivity index (χ0n) is 13.6. The molecule has 0 aliphatic rings. The molecule has 26 heavy (non-hydrogen) atoms. The molecule has 2 rings (SSSR count). The Bertz CT molecular complexity index is 800. The lowest BCUT2D eigenvalue weighted by molar-refractivity contribution is -0.119. The predicted molar refractivity (Wildman–Crippen MR) is 91.9 cm³/mol. The number of methoxy groups -OCH3 is 1. The molecular formula is C17H15F2NO5S. The number of phenolic OH excluding ortho intramolecular Hbond substituents is 1. The van der Waals surface area contributed by atoms with E-state index in [1.807, 2.05) is 0 Å². The van der Waals surface area contributed by atoms with Crippen LogP contribution in [0.4, 0.5) is 14.5 Å². The summed E-state index contributed by atoms with van der Waals surface area (Å²) < 4.78 is 34.8. The Hall–Kier alpha value is -2.81. The SMILES string of the molecule is COc1ccc(C(=O)OCC(=O)Nc2ccccc2SC(F)F)c(O)c1. The minimum atomic E-state index is -2.64. The molecule has 0 aromatic heterocycles. The molecule has 0 spiro atoms. The number of phenols is 1. The molecule has 0 fully saturated rings. The van der Waals surface area contributed by atoms with Gasteiger partial charge in [-0.3, -0.25) is 4.79 Å². The van der Waals surface area contributed by atoms with E-state index in [1.165, 1.54) is 37.4 Å². The Morgan fingerprint density at radius 3 is 2.62 bits per heavy atom. The molecule has 9 heteroatoms. The van der Waals surface area contributed by atoms with E-state index >= 15 is 0 Å². The van der Waals surface area contributed by atoms with Gasteiger partial charge in [-0.05, 0) is 24.3 Å². The average Bonchev–Trinajstić information content (AvgIpc) is 2.60. The minimum absolute atomic E-state index is 0.132. The van der Waals surface area contributed by atoms with Crippen molar-refractivity contribution < 1.29 is 33.0 Å². The van der Waals surface area contributed by atoms with Crippen LogP contribution in [0, 0.1) is 0 Å². The number of benzene rings is 2. The van der Waals surface area contributed by atoms with Crippen LogP contribution in [0.5, 0.6) is 11.5 Å². The van der Waals surface area contributed by atoms with Crippen molar-refractivity contribution in [1.29, 1.82) is 0 Å². The molecule has 0 aliphatic heterocycles. The zero-order valence-corrected chi connectivity index (χ0v) is 14.4. The first-order chi connectivity index (χ1) is 12.4. The van der Waals surface area contributed by atoms with E-state index in [0.717, 1.165) is 0 Å². The van der Waals surface area contributed by atoms with E-state index in [4.69, 9.17) is 9.47 Å². The smallest absolute Gasteiger partial charge is 0.342 e. The third-order valence-corrected chi connectivity index (χ3v) is 3.92. The second-order valence-electron chi connectivity index (χ2n) is 4.88. The molecule has 138 valence electrons. The van der Waals surface area contributed by atoms with E-state index in [-0.39, 0.29) is 21.9 Å². The molecule has 0 saturated heterocycles. The lowest BCUT2D eigenvalue weighted by atomic mass is 10.2. The first-order valence-corrected chi connectivity index (χ1v) is 8.16. The molecule has 0 atom stereocenters. The molecule has 0 bridgehead atoms. The summed E-state index contributed by atoms with van der Waals surface area (Å²) in [7, 11) is 1.40. The van der Waals surface area contributed by atoms with Crippen LogP contribution in [0.3, 0.4) is 0 Å². The molecule has 1 amide bonds. The van der Waals surface area contributed by atoms with Gasteiger partial charge in [0, 0.05) is 11.0 Å². The van der Waals surface area contributed by atoms with Crippen LogP contribution in [-0.4, -0.2) is 36.5 Å². The van der Waals surface area contributed by atoms with Gasteiger partial charge in [0.2, 0.25) is 0 Å². The van der Waals surface area contributed by atoms with Crippen molar-refractivity contribution >= 4 is 29.3 Å². The summed E-state index contributed by atoms with van der Waals surface area (Å²) in [6.45, 7) is -0.641. The van der Waals surface area contributed by atoms with Crippen LogP contribution in [0.1, 0.15) is 10.4 Å². The van der Waals surface area contributed by atoms with Gasteiger partial charge >= 0.3 is 5.97 Å². The number of hydrogen-bond acceptors (Lipinski definition) is 6. The molecule has 0 saturated carbocycles. The van der Waals surface area contributed by atoms with Gasteiger partial charge in [0.05, 0.1) is 12.8 Å². The average molecular weight is 383 g/mol. The van der Waals surface area contributed by atoms with Gasteiger partial charge in [0.25, 0.3) is 11.7 Å². The third-order valence-electron chi connectivity index (χ3n) is 3.14. The highest BCUT2D eigenvalue weighted by Gasteiger charge is 2.16. The number of esters is 1. The molecule has 6 nitrogen and oxygen atoms in total. The number of thioether (sulfide) groups is 1. The van der Waals surface area contributed by atoms with E-state index < -0.39 is 24.2 Å². The number of hydrogen-bond donors (Lipinski definition) is 2. The van der Waals surface area contributed by atoms with Crippen molar-refractivity contribution in [2.45, 2.75) is 10.7 Å². The van der Waals surface area contributed by atoms with Gasteiger partial charge in [0.15, 0.2) is 6.61 Å². The second-order valence-corrected chi connectivity index (χ2v) is 5.91. The number of amides is 1. The molecule has 2 aromatic carbocycles. The quantitative estimate of drug-likeness (QED) is 0.562. The van der Waals surface area contributed by atoms with Crippen molar-refractivity contribution in [2.75, 3.05) is 19.0 Å². The largest absolute Gasteiger partial charge is 0.507 e. The summed E-state index contributed by atoms with van der Waals surface area (Å²) in [6.07, 6.45) is 0. The Kier molecular flexibility index (Phi) is 6.79. The Morgan fingerprint density at radius 2 is 1.96 bits per heavy atom. The van der Waals surface area contributed by atoms with Gasteiger partial charge in [-0.25, -0.2) is 4.79 Å². The number of para-hydroxylation sites is 1. The van der Waals surface area contributed by atoms with Gasteiger partial charge < -0.3 is 19.9 Å².